The van der Waals surface area contributed by atoms with E-state index >= 15 is 0 Å². The molecule has 0 bridgehead atoms. The van der Waals surface area contributed by atoms with Gasteiger partial charge in [0.2, 0.25) is 0 Å². The number of hydrogen-bond donors (Lipinski definition) is 1. The Hall–Kier alpha value is -1.72. The second kappa shape index (κ2) is 5.00. The van der Waals surface area contributed by atoms with Crippen LogP contribution in [0.1, 0.15) is 17.2 Å². The third-order valence-electron chi connectivity index (χ3n) is 3.46. The van der Waals surface area contributed by atoms with Gasteiger partial charge in [-0.3, -0.25) is 0 Å². The van der Waals surface area contributed by atoms with Gasteiger partial charge in [-0.15, -0.1) is 0 Å². The smallest absolute Gasteiger partial charge is 0.180 e. The molecule has 1 aliphatic heterocycles. The van der Waals surface area contributed by atoms with Gasteiger partial charge in [0.15, 0.2) is 9.84 Å². The Morgan fingerprint density at radius 3 is 2.75 bits per heavy atom. The van der Waals surface area contributed by atoms with Gasteiger partial charge >= 0.3 is 0 Å². The van der Waals surface area contributed by atoms with Crippen LogP contribution in [-0.2, 0) is 16.4 Å². The molecule has 1 atom stereocenters. The summed E-state index contributed by atoms with van der Waals surface area (Å²) in [6.45, 7) is 0.437. The fourth-order valence-electron chi connectivity index (χ4n) is 2.51. The highest BCUT2D eigenvalue weighted by atomic mass is 32.2. The van der Waals surface area contributed by atoms with Crippen molar-refractivity contribution in [3.05, 3.63) is 65.5 Å². The zero-order valence-electron chi connectivity index (χ0n) is 10.7. The van der Waals surface area contributed by atoms with Gasteiger partial charge in [-0.1, -0.05) is 30.3 Å². The van der Waals surface area contributed by atoms with Crippen molar-refractivity contribution in [2.75, 3.05) is 5.75 Å². The maximum atomic E-state index is 13.1. The molecule has 1 aliphatic rings. The SMILES string of the molecule is O=S1(=O)CC(NCc2cccc(F)c2)c2ccccc21. The molecule has 1 unspecified atom stereocenters. The highest BCUT2D eigenvalue weighted by Gasteiger charge is 2.33. The zero-order chi connectivity index (χ0) is 14.2. The van der Waals surface area contributed by atoms with Crippen LogP contribution in [0.2, 0.25) is 0 Å². The first kappa shape index (κ1) is 13.3. The molecule has 5 heteroatoms. The van der Waals surface area contributed by atoms with Crippen LogP contribution in [0.3, 0.4) is 0 Å². The minimum atomic E-state index is -3.20. The molecule has 0 saturated carbocycles. The summed E-state index contributed by atoms with van der Waals surface area (Å²) < 4.78 is 37.2. The Balaban J connectivity index is 1.80. The summed E-state index contributed by atoms with van der Waals surface area (Å²) in [7, 11) is -3.20. The highest BCUT2D eigenvalue weighted by molar-refractivity contribution is 7.91. The monoisotopic (exact) mass is 291 g/mol. The van der Waals surface area contributed by atoms with Crippen molar-refractivity contribution < 1.29 is 12.8 Å². The average molecular weight is 291 g/mol. The summed E-state index contributed by atoms with van der Waals surface area (Å²) in [4.78, 5) is 0.400. The highest BCUT2D eigenvalue weighted by Crippen LogP contribution is 2.33. The lowest BCUT2D eigenvalue weighted by atomic mass is 10.1. The van der Waals surface area contributed by atoms with Gasteiger partial charge in [-0.25, -0.2) is 12.8 Å². The van der Waals surface area contributed by atoms with E-state index < -0.39 is 9.84 Å². The largest absolute Gasteiger partial charge is 0.305 e. The number of sulfone groups is 1. The molecule has 104 valence electrons. The van der Waals surface area contributed by atoms with Gasteiger partial charge in [0.25, 0.3) is 0 Å². The molecule has 2 aromatic carbocycles. The fourth-order valence-corrected chi connectivity index (χ4v) is 4.28. The first-order chi connectivity index (χ1) is 9.56. The van der Waals surface area contributed by atoms with Crippen molar-refractivity contribution in [1.29, 1.82) is 0 Å². The Morgan fingerprint density at radius 2 is 1.95 bits per heavy atom. The normalized spacial score (nSPS) is 19.8. The number of halogens is 1. The number of hydrogen-bond acceptors (Lipinski definition) is 3. The molecule has 1 heterocycles. The first-order valence-electron chi connectivity index (χ1n) is 6.36. The first-order valence-corrected chi connectivity index (χ1v) is 8.01. The minimum Gasteiger partial charge on any atom is -0.305 e. The lowest BCUT2D eigenvalue weighted by Gasteiger charge is -2.12. The molecule has 0 spiro atoms. The summed E-state index contributed by atoms with van der Waals surface area (Å²) in [5.41, 5.74) is 1.59. The van der Waals surface area contributed by atoms with E-state index in [-0.39, 0.29) is 17.6 Å². The minimum absolute atomic E-state index is 0.0572. The molecule has 0 radical (unpaired) electrons. The Bertz CT molecular complexity index is 743. The molecule has 0 aromatic heterocycles. The standard InChI is InChI=1S/C15H14FNO2S/c16-12-5-3-4-11(8-12)9-17-14-10-20(18,19)15-7-2-1-6-13(14)15/h1-8,14,17H,9-10H2. The fraction of sp³-hybridized carbons (Fsp3) is 0.200. The molecule has 2 aromatic rings. The lowest BCUT2D eigenvalue weighted by Crippen LogP contribution is -2.22. The van der Waals surface area contributed by atoms with Gasteiger partial charge in [0.1, 0.15) is 5.82 Å². The zero-order valence-corrected chi connectivity index (χ0v) is 11.5. The van der Waals surface area contributed by atoms with Crippen molar-refractivity contribution >= 4 is 9.84 Å². The van der Waals surface area contributed by atoms with Crippen LogP contribution < -0.4 is 5.32 Å². The van der Waals surface area contributed by atoms with Crippen LogP contribution in [0, 0.1) is 5.82 Å². The summed E-state index contributed by atoms with van der Waals surface area (Å²) in [6, 6.07) is 13.1. The van der Waals surface area contributed by atoms with Crippen molar-refractivity contribution in [1.82, 2.24) is 5.32 Å². The molecular formula is C15H14FNO2S. The van der Waals surface area contributed by atoms with Gasteiger partial charge < -0.3 is 5.32 Å². The van der Waals surface area contributed by atoms with E-state index in [1.165, 1.54) is 12.1 Å². The molecule has 3 nitrogen and oxygen atoms in total. The second-order valence-corrected chi connectivity index (χ2v) is 6.89. The summed E-state index contributed by atoms with van der Waals surface area (Å²) in [5.74, 6) is -0.231. The van der Waals surface area contributed by atoms with Gasteiger partial charge in [-0.05, 0) is 29.3 Å². The third kappa shape index (κ3) is 2.46. The van der Waals surface area contributed by atoms with Crippen molar-refractivity contribution in [3.8, 4) is 0 Å². The van der Waals surface area contributed by atoms with E-state index in [1.807, 2.05) is 18.2 Å². The number of nitrogens with one attached hydrogen (secondary N) is 1. The maximum Gasteiger partial charge on any atom is 0.180 e. The summed E-state index contributed by atoms with van der Waals surface area (Å²) >= 11 is 0. The quantitative estimate of drug-likeness (QED) is 0.945. The summed E-state index contributed by atoms with van der Waals surface area (Å²) in [6.07, 6.45) is 0. The molecule has 20 heavy (non-hydrogen) atoms. The predicted octanol–water partition coefficient (Wildman–Crippen LogP) is 2.44. The van der Waals surface area contributed by atoms with Gasteiger partial charge in [-0.2, -0.15) is 0 Å². The lowest BCUT2D eigenvalue weighted by molar-refractivity contribution is 0.563. The number of rotatable bonds is 3. The number of fused-ring (bicyclic) bond motifs is 1. The molecule has 0 fully saturated rings. The van der Waals surface area contributed by atoms with Crippen LogP contribution in [0.4, 0.5) is 4.39 Å². The van der Waals surface area contributed by atoms with Gasteiger partial charge in [0, 0.05) is 12.6 Å². The predicted molar refractivity (Wildman–Crippen MR) is 74.5 cm³/mol. The summed E-state index contributed by atoms with van der Waals surface area (Å²) in [5, 5.41) is 3.19. The third-order valence-corrected chi connectivity index (χ3v) is 5.27. The van der Waals surface area contributed by atoms with Crippen molar-refractivity contribution in [3.63, 3.8) is 0 Å². The van der Waals surface area contributed by atoms with Crippen LogP contribution in [0.25, 0.3) is 0 Å². The van der Waals surface area contributed by atoms with Crippen LogP contribution in [0.5, 0.6) is 0 Å². The average Bonchev–Trinajstić information content (AvgIpc) is 2.69. The van der Waals surface area contributed by atoms with E-state index in [1.54, 1.807) is 18.2 Å². The Labute approximate surface area is 117 Å². The second-order valence-electron chi connectivity index (χ2n) is 4.88. The van der Waals surface area contributed by atoms with E-state index in [4.69, 9.17) is 0 Å². The molecule has 0 saturated heterocycles. The van der Waals surface area contributed by atoms with E-state index in [0.717, 1.165) is 11.1 Å². The Morgan fingerprint density at radius 1 is 1.15 bits per heavy atom. The molecule has 0 amide bonds. The van der Waals surface area contributed by atoms with Crippen molar-refractivity contribution in [2.45, 2.75) is 17.5 Å². The Kier molecular flexibility index (Phi) is 3.31. The molecule has 3 rings (SSSR count). The van der Waals surface area contributed by atoms with E-state index in [9.17, 15) is 12.8 Å². The van der Waals surface area contributed by atoms with Crippen LogP contribution >= 0.6 is 0 Å². The topological polar surface area (TPSA) is 46.2 Å². The molecule has 0 aliphatic carbocycles. The van der Waals surface area contributed by atoms with E-state index in [0.29, 0.717) is 11.4 Å². The molecular weight excluding hydrogens is 277 g/mol. The van der Waals surface area contributed by atoms with Gasteiger partial charge in [0.05, 0.1) is 10.6 Å². The van der Waals surface area contributed by atoms with E-state index in [2.05, 4.69) is 5.32 Å². The van der Waals surface area contributed by atoms with Crippen LogP contribution in [-0.4, -0.2) is 14.2 Å². The number of benzene rings is 2. The van der Waals surface area contributed by atoms with Crippen molar-refractivity contribution in [2.24, 2.45) is 0 Å². The maximum absolute atomic E-state index is 13.1. The molecule has 1 N–H and O–H groups in total. The van der Waals surface area contributed by atoms with Crippen LogP contribution in [0.15, 0.2) is 53.4 Å².